The Labute approximate surface area is 130 Å². The van der Waals surface area contributed by atoms with Gasteiger partial charge < -0.3 is 4.57 Å². The van der Waals surface area contributed by atoms with E-state index in [0.717, 1.165) is 18.8 Å². The number of fused-ring (bicyclic) bond motifs is 3. The molecule has 0 N–H and O–H groups in total. The third-order valence-electron chi connectivity index (χ3n) is 4.45. The fourth-order valence-electron chi connectivity index (χ4n) is 3.34. The molecule has 0 aliphatic carbocycles. The molecule has 2 aromatic heterocycles. The van der Waals surface area contributed by atoms with Crippen molar-refractivity contribution in [1.82, 2.24) is 14.5 Å². The molecule has 0 amide bonds. The summed E-state index contributed by atoms with van der Waals surface area (Å²) in [5.41, 5.74) is 6.33. The lowest BCUT2D eigenvalue weighted by molar-refractivity contribution is 0.626. The van der Waals surface area contributed by atoms with Gasteiger partial charge in [0.25, 0.3) is 0 Å². The van der Waals surface area contributed by atoms with Gasteiger partial charge in [0.05, 0.1) is 0 Å². The first kappa shape index (κ1) is 13.3. The molecule has 0 atom stereocenters. The van der Waals surface area contributed by atoms with Crippen LogP contribution < -0.4 is 0 Å². The molecule has 1 aliphatic heterocycles. The van der Waals surface area contributed by atoms with Crippen LogP contribution in [0.15, 0.2) is 48.9 Å². The van der Waals surface area contributed by atoms with Crippen molar-refractivity contribution >= 4 is 0 Å². The Morgan fingerprint density at radius 2 is 1.77 bits per heavy atom. The van der Waals surface area contributed by atoms with Gasteiger partial charge in [-0.15, -0.1) is 0 Å². The summed E-state index contributed by atoms with van der Waals surface area (Å²) in [7, 11) is 0. The van der Waals surface area contributed by atoms with E-state index in [0.29, 0.717) is 5.92 Å². The summed E-state index contributed by atoms with van der Waals surface area (Å²) in [6.07, 6.45) is 7.00. The first-order valence-electron chi connectivity index (χ1n) is 7.84. The van der Waals surface area contributed by atoms with E-state index in [1.165, 1.54) is 27.9 Å². The van der Waals surface area contributed by atoms with Crippen molar-refractivity contribution in [3.63, 3.8) is 0 Å². The average molecular weight is 289 g/mol. The van der Waals surface area contributed by atoms with Crippen LogP contribution in [-0.4, -0.2) is 14.5 Å². The van der Waals surface area contributed by atoms with Gasteiger partial charge in [-0.3, -0.25) is 4.98 Å². The molecule has 1 aromatic carbocycles. The Morgan fingerprint density at radius 3 is 2.55 bits per heavy atom. The molecule has 1 aliphatic rings. The second kappa shape index (κ2) is 5.09. The molecular formula is C19H19N3. The molecule has 0 fully saturated rings. The molecule has 0 bridgehead atoms. The maximum Gasteiger partial charge on any atom is 0.141 e. The summed E-state index contributed by atoms with van der Waals surface area (Å²) in [5, 5.41) is 0. The Kier molecular flexibility index (Phi) is 3.07. The van der Waals surface area contributed by atoms with Gasteiger partial charge in [-0.25, -0.2) is 4.98 Å². The molecule has 0 spiro atoms. The van der Waals surface area contributed by atoms with Gasteiger partial charge in [0.2, 0.25) is 0 Å². The second-order valence-electron chi connectivity index (χ2n) is 6.14. The van der Waals surface area contributed by atoms with E-state index in [1.807, 2.05) is 24.7 Å². The molecule has 0 saturated heterocycles. The summed E-state index contributed by atoms with van der Waals surface area (Å²) in [5.74, 6) is 1.56. The molecule has 0 unspecified atom stereocenters. The van der Waals surface area contributed by atoms with Crippen molar-refractivity contribution in [2.24, 2.45) is 0 Å². The van der Waals surface area contributed by atoms with Crippen LogP contribution in [0.2, 0.25) is 0 Å². The van der Waals surface area contributed by atoms with Gasteiger partial charge in [-0.2, -0.15) is 0 Å². The van der Waals surface area contributed by atoms with Crippen LogP contribution in [0, 0.1) is 0 Å². The van der Waals surface area contributed by atoms with E-state index in [9.17, 15) is 0 Å². The van der Waals surface area contributed by atoms with Crippen LogP contribution in [0.5, 0.6) is 0 Å². The fraction of sp³-hybridized carbons (Fsp3) is 0.263. The lowest BCUT2D eigenvalue weighted by Crippen LogP contribution is -2.15. The van der Waals surface area contributed by atoms with Crippen LogP contribution in [-0.2, 0) is 13.0 Å². The third-order valence-corrected chi connectivity index (χ3v) is 4.45. The highest BCUT2D eigenvalue weighted by molar-refractivity contribution is 5.76. The highest BCUT2D eigenvalue weighted by Crippen LogP contribution is 2.36. The zero-order chi connectivity index (χ0) is 15.1. The van der Waals surface area contributed by atoms with Crippen molar-refractivity contribution in [1.29, 1.82) is 0 Å². The summed E-state index contributed by atoms with van der Waals surface area (Å²) >= 11 is 0. The van der Waals surface area contributed by atoms with Gasteiger partial charge >= 0.3 is 0 Å². The molecule has 4 rings (SSSR count). The normalized spacial score (nSPS) is 13.0. The van der Waals surface area contributed by atoms with Crippen LogP contribution in [0.3, 0.4) is 0 Å². The maximum atomic E-state index is 4.68. The van der Waals surface area contributed by atoms with Crippen molar-refractivity contribution in [2.45, 2.75) is 32.7 Å². The lowest BCUT2D eigenvalue weighted by atomic mass is 9.93. The van der Waals surface area contributed by atoms with Crippen molar-refractivity contribution in [2.75, 3.05) is 0 Å². The molecule has 3 heterocycles. The summed E-state index contributed by atoms with van der Waals surface area (Å²) in [6.45, 7) is 5.44. The van der Waals surface area contributed by atoms with Crippen molar-refractivity contribution < 1.29 is 0 Å². The first-order chi connectivity index (χ1) is 10.8. The van der Waals surface area contributed by atoms with Crippen LogP contribution in [0.25, 0.3) is 22.5 Å². The minimum Gasteiger partial charge on any atom is -0.327 e. The Bertz CT molecular complexity index is 816. The number of benzene rings is 1. The zero-order valence-corrected chi connectivity index (χ0v) is 13.0. The number of nitrogens with zero attached hydrogens (tertiary/aromatic N) is 3. The standard InChI is InChI=1S/C19H19N3/c1-13(2)18-12-21-19-17-11-20-10-16(14-6-4-3-5-7-14)15(17)8-9-22(18)19/h3-7,10-13H,8-9H2,1-2H3. The second-order valence-corrected chi connectivity index (χ2v) is 6.14. The SMILES string of the molecule is CC(C)c1cnc2n1CCc1c(-c3ccccc3)cncc1-2. The quantitative estimate of drug-likeness (QED) is 0.704. The van der Waals surface area contributed by atoms with Crippen LogP contribution in [0.1, 0.15) is 31.0 Å². The Balaban J connectivity index is 1.90. The van der Waals surface area contributed by atoms with Gasteiger partial charge in [-0.05, 0) is 23.5 Å². The van der Waals surface area contributed by atoms with E-state index in [1.54, 1.807) is 0 Å². The van der Waals surface area contributed by atoms with Crippen LogP contribution in [0.4, 0.5) is 0 Å². The zero-order valence-electron chi connectivity index (χ0n) is 13.0. The van der Waals surface area contributed by atoms with Gasteiger partial charge in [0.1, 0.15) is 5.82 Å². The van der Waals surface area contributed by atoms with E-state index in [-0.39, 0.29) is 0 Å². The van der Waals surface area contributed by atoms with Crippen molar-refractivity contribution in [3.05, 3.63) is 60.2 Å². The van der Waals surface area contributed by atoms with Gasteiger partial charge in [-0.1, -0.05) is 44.2 Å². The van der Waals surface area contributed by atoms with E-state index >= 15 is 0 Å². The average Bonchev–Trinajstić information content (AvgIpc) is 2.99. The first-order valence-corrected chi connectivity index (χ1v) is 7.84. The van der Waals surface area contributed by atoms with E-state index in [2.05, 4.69) is 52.6 Å². The monoisotopic (exact) mass is 289 g/mol. The number of hydrogen-bond acceptors (Lipinski definition) is 2. The largest absolute Gasteiger partial charge is 0.327 e. The summed E-state index contributed by atoms with van der Waals surface area (Å²) in [4.78, 5) is 9.15. The molecule has 0 radical (unpaired) electrons. The highest BCUT2D eigenvalue weighted by atomic mass is 15.1. The fourth-order valence-corrected chi connectivity index (χ4v) is 3.34. The van der Waals surface area contributed by atoms with E-state index in [4.69, 9.17) is 0 Å². The van der Waals surface area contributed by atoms with Crippen LogP contribution >= 0.6 is 0 Å². The highest BCUT2D eigenvalue weighted by Gasteiger charge is 2.23. The number of imidazole rings is 1. The number of hydrogen-bond donors (Lipinski definition) is 0. The summed E-state index contributed by atoms with van der Waals surface area (Å²) in [6, 6.07) is 10.5. The molecule has 3 nitrogen and oxygen atoms in total. The van der Waals surface area contributed by atoms with Gasteiger partial charge in [0, 0.05) is 42.0 Å². The minimum atomic E-state index is 0.494. The minimum absolute atomic E-state index is 0.494. The number of pyridine rings is 1. The molecule has 0 saturated carbocycles. The topological polar surface area (TPSA) is 30.7 Å². The van der Waals surface area contributed by atoms with Crippen molar-refractivity contribution in [3.8, 4) is 22.5 Å². The molecule has 22 heavy (non-hydrogen) atoms. The number of aromatic nitrogens is 3. The smallest absolute Gasteiger partial charge is 0.141 e. The van der Waals surface area contributed by atoms with Gasteiger partial charge in [0.15, 0.2) is 0 Å². The molecule has 3 aromatic rings. The maximum absolute atomic E-state index is 4.68. The Hall–Kier alpha value is -2.42. The summed E-state index contributed by atoms with van der Waals surface area (Å²) < 4.78 is 2.35. The molecule has 3 heteroatoms. The lowest BCUT2D eigenvalue weighted by Gasteiger charge is -2.23. The Morgan fingerprint density at radius 1 is 1.00 bits per heavy atom. The third kappa shape index (κ3) is 1.97. The van der Waals surface area contributed by atoms with E-state index < -0.39 is 0 Å². The molecular weight excluding hydrogens is 270 g/mol. The predicted octanol–water partition coefficient (Wildman–Crippen LogP) is 4.29. The number of rotatable bonds is 2. The predicted molar refractivity (Wildman–Crippen MR) is 88.7 cm³/mol. The molecule has 110 valence electrons.